The Balaban J connectivity index is 3.28. The molecule has 0 aliphatic carbocycles. The van der Waals surface area contributed by atoms with Crippen molar-refractivity contribution in [2.45, 2.75) is 19.4 Å². The van der Waals surface area contributed by atoms with Gasteiger partial charge in [-0.2, -0.15) is 0 Å². The first-order valence-corrected chi connectivity index (χ1v) is 5.91. The second-order valence-electron chi connectivity index (χ2n) is 4.46. The molecule has 0 aromatic heterocycles. The molecule has 0 bridgehead atoms. The molecule has 0 aliphatic rings. The molecule has 0 saturated carbocycles. The maximum absolute atomic E-state index is 11.6. The van der Waals surface area contributed by atoms with E-state index in [0.717, 1.165) is 0 Å². The molecular weight excluding hydrogens is 248 g/mol. The van der Waals surface area contributed by atoms with E-state index in [4.69, 9.17) is 9.47 Å². The Morgan fingerprint density at radius 1 is 1.26 bits per heavy atom. The number of methoxy groups -OCH3 is 3. The van der Waals surface area contributed by atoms with E-state index in [-0.39, 0.29) is 0 Å². The van der Waals surface area contributed by atoms with E-state index in [9.17, 15) is 9.90 Å². The first kappa shape index (κ1) is 15.3. The predicted molar refractivity (Wildman–Crippen MR) is 70.3 cm³/mol. The zero-order valence-electron chi connectivity index (χ0n) is 11.9. The molecule has 1 aromatic rings. The molecule has 2 unspecified atom stereocenters. The van der Waals surface area contributed by atoms with Crippen LogP contribution in [0, 0.1) is 5.92 Å². The number of esters is 1. The minimum absolute atomic E-state index is 0.479. The summed E-state index contributed by atoms with van der Waals surface area (Å²) in [5.74, 6) is -0.164. The van der Waals surface area contributed by atoms with Gasteiger partial charge >= 0.3 is 5.97 Å². The molecule has 1 aromatic carbocycles. The standard InChI is InChI=1S/C14H20O5/c1-9(13(15)19-5)14(2,16)11-8-10(17-3)6-7-12(11)18-4/h6-9,16H,1-5H3. The largest absolute Gasteiger partial charge is 0.497 e. The summed E-state index contributed by atoms with van der Waals surface area (Å²) in [5.41, 5.74) is -0.945. The van der Waals surface area contributed by atoms with Crippen molar-refractivity contribution in [1.82, 2.24) is 0 Å². The van der Waals surface area contributed by atoms with E-state index in [1.807, 2.05) is 0 Å². The Kier molecular flexibility index (Phi) is 4.78. The van der Waals surface area contributed by atoms with Gasteiger partial charge in [0.05, 0.1) is 27.2 Å². The van der Waals surface area contributed by atoms with Crippen molar-refractivity contribution in [2.75, 3.05) is 21.3 Å². The second kappa shape index (κ2) is 5.93. The Morgan fingerprint density at radius 2 is 1.89 bits per heavy atom. The first-order chi connectivity index (χ1) is 8.88. The molecule has 0 spiro atoms. The lowest BCUT2D eigenvalue weighted by molar-refractivity contribution is -0.154. The smallest absolute Gasteiger partial charge is 0.311 e. The summed E-state index contributed by atoms with van der Waals surface area (Å²) in [4.78, 5) is 11.6. The lowest BCUT2D eigenvalue weighted by Crippen LogP contribution is -2.36. The highest BCUT2D eigenvalue weighted by atomic mass is 16.5. The molecule has 1 rings (SSSR count). The molecule has 0 saturated heterocycles. The van der Waals surface area contributed by atoms with Crippen molar-refractivity contribution in [3.8, 4) is 11.5 Å². The number of rotatable bonds is 5. The molecule has 0 radical (unpaired) electrons. The van der Waals surface area contributed by atoms with Crippen molar-refractivity contribution in [2.24, 2.45) is 5.92 Å². The Hall–Kier alpha value is -1.75. The normalized spacial score (nSPS) is 15.3. The molecular formula is C14H20O5. The summed E-state index contributed by atoms with van der Waals surface area (Å²) >= 11 is 0. The molecule has 0 aliphatic heterocycles. The van der Waals surface area contributed by atoms with Gasteiger partial charge in [-0.05, 0) is 32.0 Å². The quantitative estimate of drug-likeness (QED) is 0.824. The van der Waals surface area contributed by atoms with Crippen LogP contribution in [-0.2, 0) is 15.1 Å². The van der Waals surface area contributed by atoms with E-state index in [1.54, 1.807) is 32.0 Å². The summed E-state index contributed by atoms with van der Waals surface area (Å²) < 4.78 is 15.0. The highest BCUT2D eigenvalue weighted by Gasteiger charge is 2.38. The third kappa shape index (κ3) is 2.98. The lowest BCUT2D eigenvalue weighted by atomic mass is 9.83. The van der Waals surface area contributed by atoms with Gasteiger partial charge < -0.3 is 19.3 Å². The van der Waals surface area contributed by atoms with Gasteiger partial charge in [0, 0.05) is 5.56 Å². The molecule has 2 atom stereocenters. The molecule has 5 nitrogen and oxygen atoms in total. The molecule has 106 valence electrons. The molecule has 0 amide bonds. The van der Waals surface area contributed by atoms with E-state index in [0.29, 0.717) is 17.1 Å². The van der Waals surface area contributed by atoms with Gasteiger partial charge in [-0.3, -0.25) is 4.79 Å². The minimum atomic E-state index is -1.42. The van der Waals surface area contributed by atoms with Crippen molar-refractivity contribution in [3.63, 3.8) is 0 Å². The maximum atomic E-state index is 11.6. The SMILES string of the molecule is COC(=O)C(C)C(C)(O)c1cc(OC)ccc1OC. The summed E-state index contributed by atoms with van der Waals surface area (Å²) in [6, 6.07) is 5.06. The zero-order chi connectivity index (χ0) is 14.6. The van der Waals surface area contributed by atoms with Crippen LogP contribution in [0.5, 0.6) is 11.5 Å². The van der Waals surface area contributed by atoms with Crippen molar-refractivity contribution < 1.29 is 24.1 Å². The Bertz CT molecular complexity index is 453. The number of carbonyl (C=O) groups excluding carboxylic acids is 1. The van der Waals surface area contributed by atoms with E-state index < -0.39 is 17.5 Å². The Labute approximate surface area is 113 Å². The highest BCUT2D eigenvalue weighted by Crippen LogP contribution is 2.38. The fraction of sp³-hybridized carbons (Fsp3) is 0.500. The number of carbonyl (C=O) groups is 1. The zero-order valence-corrected chi connectivity index (χ0v) is 11.9. The van der Waals surface area contributed by atoms with E-state index in [1.165, 1.54) is 21.3 Å². The van der Waals surface area contributed by atoms with Crippen LogP contribution in [0.3, 0.4) is 0 Å². The molecule has 19 heavy (non-hydrogen) atoms. The van der Waals surface area contributed by atoms with Crippen LogP contribution < -0.4 is 9.47 Å². The summed E-state index contributed by atoms with van der Waals surface area (Å²) in [7, 11) is 4.33. The first-order valence-electron chi connectivity index (χ1n) is 5.91. The number of hydrogen-bond acceptors (Lipinski definition) is 5. The fourth-order valence-electron chi connectivity index (χ4n) is 1.85. The fourth-order valence-corrected chi connectivity index (χ4v) is 1.85. The third-order valence-electron chi connectivity index (χ3n) is 3.35. The van der Waals surface area contributed by atoms with E-state index >= 15 is 0 Å². The monoisotopic (exact) mass is 268 g/mol. The molecule has 0 fully saturated rings. The average Bonchev–Trinajstić information content (AvgIpc) is 2.44. The highest BCUT2D eigenvalue weighted by molar-refractivity contribution is 5.74. The Morgan fingerprint density at radius 3 is 2.37 bits per heavy atom. The minimum Gasteiger partial charge on any atom is -0.497 e. The van der Waals surface area contributed by atoms with Crippen LogP contribution in [0.25, 0.3) is 0 Å². The second-order valence-corrected chi connectivity index (χ2v) is 4.46. The maximum Gasteiger partial charge on any atom is 0.311 e. The number of ether oxygens (including phenoxy) is 3. The number of aliphatic hydroxyl groups is 1. The van der Waals surface area contributed by atoms with Gasteiger partial charge in [0.25, 0.3) is 0 Å². The topological polar surface area (TPSA) is 65.0 Å². The van der Waals surface area contributed by atoms with E-state index in [2.05, 4.69) is 4.74 Å². The summed E-state index contributed by atoms with van der Waals surface area (Å²) in [5, 5.41) is 10.7. The van der Waals surface area contributed by atoms with Crippen LogP contribution in [0.2, 0.25) is 0 Å². The van der Waals surface area contributed by atoms with Gasteiger partial charge in [-0.1, -0.05) is 0 Å². The van der Waals surface area contributed by atoms with Crippen LogP contribution in [0.15, 0.2) is 18.2 Å². The molecule has 0 heterocycles. The predicted octanol–water partition coefficient (Wildman–Crippen LogP) is 1.72. The average molecular weight is 268 g/mol. The van der Waals surface area contributed by atoms with Crippen LogP contribution in [-0.4, -0.2) is 32.4 Å². The molecule has 5 heteroatoms. The third-order valence-corrected chi connectivity index (χ3v) is 3.35. The molecule has 1 N–H and O–H groups in total. The number of hydrogen-bond donors (Lipinski definition) is 1. The van der Waals surface area contributed by atoms with Gasteiger partial charge in [-0.15, -0.1) is 0 Å². The van der Waals surface area contributed by atoms with Crippen LogP contribution in [0.4, 0.5) is 0 Å². The number of benzene rings is 1. The summed E-state index contributed by atoms with van der Waals surface area (Å²) in [6.07, 6.45) is 0. The van der Waals surface area contributed by atoms with Gasteiger partial charge in [0.2, 0.25) is 0 Å². The van der Waals surface area contributed by atoms with Crippen molar-refractivity contribution in [3.05, 3.63) is 23.8 Å². The van der Waals surface area contributed by atoms with Gasteiger partial charge in [0.15, 0.2) is 0 Å². The van der Waals surface area contributed by atoms with Crippen LogP contribution >= 0.6 is 0 Å². The van der Waals surface area contributed by atoms with Gasteiger partial charge in [0.1, 0.15) is 17.1 Å². The van der Waals surface area contributed by atoms with Crippen LogP contribution in [0.1, 0.15) is 19.4 Å². The van der Waals surface area contributed by atoms with Gasteiger partial charge in [-0.25, -0.2) is 0 Å². The van der Waals surface area contributed by atoms with Crippen molar-refractivity contribution >= 4 is 5.97 Å². The lowest BCUT2D eigenvalue weighted by Gasteiger charge is -2.30. The van der Waals surface area contributed by atoms with Crippen molar-refractivity contribution in [1.29, 1.82) is 0 Å². The summed E-state index contributed by atoms with van der Waals surface area (Å²) in [6.45, 7) is 3.15.